The van der Waals surface area contributed by atoms with E-state index in [1.165, 1.54) is 0 Å². The zero-order valence-electron chi connectivity index (χ0n) is 22.1. The molecule has 0 atom stereocenters. The Balaban J connectivity index is 1.30. The molecular weight excluding hydrogens is 482 g/mol. The van der Waals surface area contributed by atoms with Crippen LogP contribution in [0.5, 0.6) is 11.5 Å². The summed E-state index contributed by atoms with van der Waals surface area (Å²) in [5.74, 6) is 1.35. The van der Waals surface area contributed by atoms with E-state index in [-0.39, 0.29) is 6.03 Å². The van der Waals surface area contributed by atoms with E-state index >= 15 is 0 Å². The quantitative estimate of drug-likeness (QED) is 0.252. The molecule has 0 radical (unpaired) electrons. The number of aromatic nitrogens is 5. The third-order valence-electron chi connectivity index (χ3n) is 6.93. The Bertz CT molecular complexity index is 1350. The summed E-state index contributed by atoms with van der Waals surface area (Å²) >= 11 is 0. The molecule has 0 N–H and O–H groups in total. The molecule has 0 saturated carbocycles. The van der Waals surface area contributed by atoms with Gasteiger partial charge in [-0.2, -0.15) is 0 Å². The number of urea groups is 1. The lowest BCUT2D eigenvalue weighted by atomic mass is 10.1. The second-order valence-electron chi connectivity index (χ2n) is 9.48. The van der Waals surface area contributed by atoms with Crippen molar-refractivity contribution in [3.63, 3.8) is 0 Å². The Kier molecular flexibility index (Phi) is 8.06. The zero-order chi connectivity index (χ0) is 26.3. The van der Waals surface area contributed by atoms with Gasteiger partial charge >= 0.3 is 6.03 Å². The molecule has 1 aliphatic heterocycles. The molecular formula is C28H35N7O3. The van der Waals surface area contributed by atoms with Crippen molar-refractivity contribution >= 4 is 22.8 Å². The van der Waals surface area contributed by atoms with Gasteiger partial charge in [-0.25, -0.2) is 9.78 Å². The molecule has 3 aromatic heterocycles. The van der Waals surface area contributed by atoms with Gasteiger partial charge in [0.1, 0.15) is 5.65 Å². The molecule has 38 heavy (non-hydrogen) atoms. The lowest BCUT2D eigenvalue weighted by Crippen LogP contribution is -2.49. The Morgan fingerprint density at radius 1 is 1.00 bits per heavy atom. The first-order chi connectivity index (χ1) is 18.7. The highest BCUT2D eigenvalue weighted by atomic mass is 16.5. The number of fused-ring (bicyclic) bond motifs is 1. The summed E-state index contributed by atoms with van der Waals surface area (Å²) < 4.78 is 15.4. The molecule has 1 fully saturated rings. The number of anilines is 1. The molecule has 0 spiro atoms. The Morgan fingerprint density at radius 3 is 2.74 bits per heavy atom. The molecule has 0 aliphatic carbocycles. The molecule has 1 aliphatic rings. The number of unbranched alkanes of at least 4 members (excludes halogenated alkanes) is 2. The third-order valence-corrected chi connectivity index (χ3v) is 6.93. The SMILES string of the molecule is CCCCCOc1cc(N2CCCN(Cc3ccnc4c3ccn4CCn3ccnn3)C2=O)ccc1OC. The van der Waals surface area contributed by atoms with Crippen molar-refractivity contribution in [3.8, 4) is 11.5 Å². The van der Waals surface area contributed by atoms with Gasteiger partial charge in [-0.15, -0.1) is 5.10 Å². The molecule has 1 aromatic carbocycles. The second-order valence-corrected chi connectivity index (χ2v) is 9.48. The first-order valence-electron chi connectivity index (χ1n) is 13.3. The summed E-state index contributed by atoms with van der Waals surface area (Å²) in [5, 5.41) is 8.96. The molecule has 2 amide bonds. The molecule has 10 heteroatoms. The van der Waals surface area contributed by atoms with Crippen molar-refractivity contribution < 1.29 is 14.3 Å². The van der Waals surface area contributed by atoms with E-state index in [4.69, 9.17) is 9.47 Å². The number of nitrogens with zero attached hydrogens (tertiary/aromatic N) is 7. The highest BCUT2D eigenvalue weighted by Crippen LogP contribution is 2.33. The van der Waals surface area contributed by atoms with Crippen molar-refractivity contribution in [1.82, 2.24) is 29.4 Å². The van der Waals surface area contributed by atoms with Gasteiger partial charge in [0, 0.05) is 61.9 Å². The number of carbonyl (C=O) groups is 1. The van der Waals surface area contributed by atoms with E-state index in [2.05, 4.69) is 32.9 Å². The van der Waals surface area contributed by atoms with Gasteiger partial charge in [-0.05, 0) is 42.7 Å². The minimum Gasteiger partial charge on any atom is -0.493 e. The third kappa shape index (κ3) is 5.58. The highest BCUT2D eigenvalue weighted by molar-refractivity contribution is 5.93. The van der Waals surface area contributed by atoms with Crippen LogP contribution in [-0.4, -0.2) is 62.3 Å². The predicted molar refractivity (Wildman–Crippen MR) is 146 cm³/mol. The van der Waals surface area contributed by atoms with Crippen molar-refractivity contribution in [2.75, 3.05) is 31.7 Å². The predicted octanol–water partition coefficient (Wildman–Crippen LogP) is 4.74. The van der Waals surface area contributed by atoms with Crippen molar-refractivity contribution in [1.29, 1.82) is 0 Å². The maximum Gasteiger partial charge on any atom is 0.324 e. The summed E-state index contributed by atoms with van der Waals surface area (Å²) in [5.41, 5.74) is 2.81. The summed E-state index contributed by atoms with van der Waals surface area (Å²) in [6.07, 6.45) is 11.5. The molecule has 4 heterocycles. The first-order valence-corrected chi connectivity index (χ1v) is 13.3. The van der Waals surface area contributed by atoms with Crippen molar-refractivity contribution in [2.24, 2.45) is 0 Å². The normalized spacial score (nSPS) is 13.9. The van der Waals surface area contributed by atoms with Crippen LogP contribution < -0.4 is 14.4 Å². The number of pyridine rings is 1. The van der Waals surface area contributed by atoms with Crippen LogP contribution in [0.3, 0.4) is 0 Å². The fraction of sp³-hybridized carbons (Fsp3) is 0.429. The number of hydrogen-bond acceptors (Lipinski definition) is 6. The largest absolute Gasteiger partial charge is 0.493 e. The lowest BCUT2D eigenvalue weighted by Gasteiger charge is -2.36. The minimum absolute atomic E-state index is 0.00562. The van der Waals surface area contributed by atoms with E-state index in [1.54, 1.807) is 18.0 Å². The lowest BCUT2D eigenvalue weighted by molar-refractivity contribution is 0.192. The van der Waals surface area contributed by atoms with Crippen LogP contribution in [0.1, 0.15) is 38.2 Å². The Hall–Kier alpha value is -4.08. The smallest absolute Gasteiger partial charge is 0.324 e. The van der Waals surface area contributed by atoms with Gasteiger partial charge in [-0.1, -0.05) is 25.0 Å². The molecule has 0 unspecified atom stereocenters. The monoisotopic (exact) mass is 517 g/mol. The Morgan fingerprint density at radius 2 is 1.92 bits per heavy atom. The molecule has 1 saturated heterocycles. The maximum absolute atomic E-state index is 13.6. The average Bonchev–Trinajstić information content (AvgIpc) is 3.61. The van der Waals surface area contributed by atoms with Crippen LogP contribution in [-0.2, 0) is 19.6 Å². The van der Waals surface area contributed by atoms with E-state index in [0.29, 0.717) is 44.3 Å². The number of hydrogen-bond donors (Lipinski definition) is 0. The number of rotatable bonds is 12. The van der Waals surface area contributed by atoms with Gasteiger partial charge in [-0.3, -0.25) is 9.58 Å². The topological polar surface area (TPSA) is 90.5 Å². The maximum atomic E-state index is 13.6. The molecule has 5 rings (SSSR count). The average molecular weight is 518 g/mol. The highest BCUT2D eigenvalue weighted by Gasteiger charge is 2.28. The van der Waals surface area contributed by atoms with Crippen molar-refractivity contribution in [3.05, 3.63) is 60.7 Å². The standard InChI is InChI=1S/C28H35N7O3/c1-3-4-5-19-38-26-20-23(7-8-25(26)37-2)35-14-6-13-33(28(35)36)21-22-9-11-29-27-24(22)10-15-32(27)17-18-34-16-12-30-31-34/h7-12,15-16,20H,3-6,13-14,17-19,21H2,1-2H3. The number of amides is 2. The van der Waals surface area contributed by atoms with E-state index in [1.807, 2.05) is 52.7 Å². The molecule has 0 bridgehead atoms. The summed E-state index contributed by atoms with van der Waals surface area (Å²) in [4.78, 5) is 22.0. The van der Waals surface area contributed by atoms with Gasteiger partial charge in [0.2, 0.25) is 0 Å². The van der Waals surface area contributed by atoms with Gasteiger partial charge in [0.15, 0.2) is 11.5 Å². The molecule has 4 aromatic rings. The summed E-state index contributed by atoms with van der Waals surface area (Å²) in [7, 11) is 1.64. The fourth-order valence-corrected chi connectivity index (χ4v) is 4.88. The van der Waals surface area contributed by atoms with Crippen LogP contribution in [0.2, 0.25) is 0 Å². The molecule has 10 nitrogen and oxygen atoms in total. The Labute approximate surface area is 222 Å². The van der Waals surface area contributed by atoms with E-state index in [9.17, 15) is 4.79 Å². The van der Waals surface area contributed by atoms with E-state index in [0.717, 1.165) is 54.5 Å². The zero-order valence-corrected chi connectivity index (χ0v) is 22.1. The second kappa shape index (κ2) is 12.0. The van der Waals surface area contributed by atoms with Gasteiger partial charge in [0.25, 0.3) is 0 Å². The van der Waals surface area contributed by atoms with Crippen LogP contribution in [0.4, 0.5) is 10.5 Å². The number of aryl methyl sites for hydroxylation is 2. The van der Waals surface area contributed by atoms with Crippen LogP contribution in [0.15, 0.2) is 55.1 Å². The minimum atomic E-state index is -0.00562. The van der Waals surface area contributed by atoms with E-state index < -0.39 is 0 Å². The number of benzene rings is 1. The van der Waals surface area contributed by atoms with Gasteiger partial charge < -0.3 is 18.9 Å². The first kappa shape index (κ1) is 25.6. The fourth-order valence-electron chi connectivity index (χ4n) is 4.88. The number of ether oxygens (including phenoxy) is 2. The van der Waals surface area contributed by atoms with Crippen LogP contribution in [0.25, 0.3) is 11.0 Å². The van der Waals surface area contributed by atoms with Crippen molar-refractivity contribution in [2.45, 2.75) is 52.2 Å². The number of methoxy groups -OCH3 is 1. The molecule has 200 valence electrons. The van der Waals surface area contributed by atoms with Gasteiger partial charge in [0.05, 0.1) is 26.5 Å². The van der Waals surface area contributed by atoms with Crippen LogP contribution >= 0.6 is 0 Å². The summed E-state index contributed by atoms with van der Waals surface area (Å²) in [6, 6.07) is 9.81. The number of carbonyl (C=O) groups excluding carboxylic acids is 1. The van der Waals surface area contributed by atoms with Crippen LogP contribution in [0, 0.1) is 0 Å². The summed E-state index contributed by atoms with van der Waals surface area (Å²) in [6.45, 7) is 6.15.